The second-order valence-corrected chi connectivity index (χ2v) is 6.50. The van der Waals surface area contributed by atoms with Crippen molar-refractivity contribution in [2.75, 3.05) is 4.90 Å². The SMILES string of the molecule is Cc1c(N2Cc3cccc(OC(C)c4ccncc4)c3C2)cn[nH]c1=O. The Labute approximate surface area is 151 Å². The summed E-state index contributed by atoms with van der Waals surface area (Å²) in [6.45, 7) is 5.29. The van der Waals surface area contributed by atoms with Gasteiger partial charge in [-0.3, -0.25) is 9.78 Å². The molecule has 1 unspecified atom stereocenters. The molecule has 2 aromatic heterocycles. The Kier molecular flexibility index (Phi) is 4.16. The summed E-state index contributed by atoms with van der Waals surface area (Å²) in [5, 5.41) is 6.42. The number of fused-ring (bicyclic) bond motifs is 1. The molecule has 6 heteroatoms. The van der Waals surface area contributed by atoms with Gasteiger partial charge in [0, 0.05) is 36.6 Å². The second kappa shape index (κ2) is 6.63. The van der Waals surface area contributed by atoms with Gasteiger partial charge in [0.15, 0.2) is 0 Å². The molecule has 1 aliphatic heterocycles. The predicted octanol–water partition coefficient (Wildman–Crippen LogP) is 3.13. The maximum Gasteiger partial charge on any atom is 0.269 e. The van der Waals surface area contributed by atoms with Crippen LogP contribution in [-0.2, 0) is 13.1 Å². The van der Waals surface area contributed by atoms with Crippen molar-refractivity contribution in [1.29, 1.82) is 0 Å². The van der Waals surface area contributed by atoms with Crippen molar-refractivity contribution in [3.8, 4) is 5.75 Å². The van der Waals surface area contributed by atoms with Crippen molar-refractivity contribution in [3.63, 3.8) is 0 Å². The lowest BCUT2D eigenvalue weighted by atomic mass is 10.1. The van der Waals surface area contributed by atoms with E-state index in [0.717, 1.165) is 29.1 Å². The molecule has 0 amide bonds. The van der Waals surface area contributed by atoms with E-state index in [1.165, 1.54) is 5.56 Å². The summed E-state index contributed by atoms with van der Waals surface area (Å²) < 4.78 is 6.24. The molecule has 1 atom stereocenters. The minimum absolute atomic E-state index is 0.0680. The smallest absolute Gasteiger partial charge is 0.269 e. The minimum Gasteiger partial charge on any atom is -0.486 e. The van der Waals surface area contributed by atoms with Crippen molar-refractivity contribution in [1.82, 2.24) is 15.2 Å². The lowest BCUT2D eigenvalue weighted by Gasteiger charge is -2.19. The first-order chi connectivity index (χ1) is 12.6. The summed E-state index contributed by atoms with van der Waals surface area (Å²) >= 11 is 0. The number of pyridine rings is 1. The molecule has 26 heavy (non-hydrogen) atoms. The highest BCUT2D eigenvalue weighted by Gasteiger charge is 2.25. The fourth-order valence-electron chi connectivity index (χ4n) is 3.33. The van der Waals surface area contributed by atoms with Gasteiger partial charge in [0.25, 0.3) is 5.56 Å². The van der Waals surface area contributed by atoms with E-state index in [0.29, 0.717) is 12.1 Å². The van der Waals surface area contributed by atoms with Crippen molar-refractivity contribution in [2.24, 2.45) is 0 Å². The second-order valence-electron chi connectivity index (χ2n) is 6.50. The van der Waals surface area contributed by atoms with E-state index >= 15 is 0 Å². The normalized spacial score (nSPS) is 14.2. The Morgan fingerprint density at radius 1 is 1.19 bits per heavy atom. The quantitative estimate of drug-likeness (QED) is 0.784. The largest absolute Gasteiger partial charge is 0.486 e. The van der Waals surface area contributed by atoms with Gasteiger partial charge < -0.3 is 9.64 Å². The Bertz CT molecular complexity index is 985. The topological polar surface area (TPSA) is 71.1 Å². The van der Waals surface area contributed by atoms with Gasteiger partial charge in [-0.05, 0) is 43.2 Å². The number of aromatic nitrogens is 3. The Hall–Kier alpha value is -3.15. The van der Waals surface area contributed by atoms with E-state index in [2.05, 4.69) is 26.1 Å². The van der Waals surface area contributed by atoms with E-state index in [1.807, 2.05) is 38.1 Å². The van der Waals surface area contributed by atoms with E-state index in [-0.39, 0.29) is 11.7 Å². The Morgan fingerprint density at radius 2 is 2.00 bits per heavy atom. The molecular weight excluding hydrogens is 328 g/mol. The monoisotopic (exact) mass is 348 g/mol. The number of benzene rings is 1. The lowest BCUT2D eigenvalue weighted by Crippen LogP contribution is -2.21. The zero-order valence-corrected chi connectivity index (χ0v) is 14.8. The first kappa shape index (κ1) is 16.3. The fraction of sp³-hybridized carbons (Fsp3) is 0.250. The molecule has 0 fully saturated rings. The van der Waals surface area contributed by atoms with E-state index in [4.69, 9.17) is 4.74 Å². The number of hydrogen-bond acceptors (Lipinski definition) is 5. The van der Waals surface area contributed by atoms with E-state index in [9.17, 15) is 4.79 Å². The van der Waals surface area contributed by atoms with Crippen LogP contribution in [0.1, 0.15) is 35.3 Å². The van der Waals surface area contributed by atoms with Crippen LogP contribution in [0.2, 0.25) is 0 Å². The van der Waals surface area contributed by atoms with Crippen LogP contribution in [-0.4, -0.2) is 15.2 Å². The lowest BCUT2D eigenvalue weighted by molar-refractivity contribution is 0.224. The highest BCUT2D eigenvalue weighted by atomic mass is 16.5. The average molecular weight is 348 g/mol. The Morgan fingerprint density at radius 3 is 2.81 bits per heavy atom. The molecule has 0 radical (unpaired) electrons. The molecule has 0 saturated heterocycles. The molecule has 1 aliphatic rings. The highest BCUT2D eigenvalue weighted by Crippen LogP contribution is 2.36. The van der Waals surface area contributed by atoms with Crippen LogP contribution in [0.4, 0.5) is 5.69 Å². The van der Waals surface area contributed by atoms with Crippen molar-refractivity contribution >= 4 is 5.69 Å². The summed E-state index contributed by atoms with van der Waals surface area (Å²) in [6.07, 6.45) is 5.19. The summed E-state index contributed by atoms with van der Waals surface area (Å²) in [7, 11) is 0. The first-order valence-electron chi connectivity index (χ1n) is 8.60. The number of anilines is 1. The van der Waals surface area contributed by atoms with Gasteiger partial charge in [-0.2, -0.15) is 5.10 Å². The zero-order chi connectivity index (χ0) is 18.1. The van der Waals surface area contributed by atoms with Gasteiger partial charge in [0.2, 0.25) is 0 Å². The van der Waals surface area contributed by atoms with E-state index < -0.39 is 0 Å². The van der Waals surface area contributed by atoms with E-state index in [1.54, 1.807) is 18.6 Å². The highest BCUT2D eigenvalue weighted by molar-refractivity contribution is 5.57. The molecule has 6 nitrogen and oxygen atoms in total. The average Bonchev–Trinajstić information content (AvgIpc) is 3.10. The third kappa shape index (κ3) is 2.94. The number of ether oxygens (including phenoxy) is 1. The zero-order valence-electron chi connectivity index (χ0n) is 14.8. The van der Waals surface area contributed by atoms with Gasteiger partial charge in [-0.1, -0.05) is 12.1 Å². The third-order valence-corrected chi connectivity index (χ3v) is 4.84. The van der Waals surface area contributed by atoms with Gasteiger partial charge >= 0.3 is 0 Å². The van der Waals surface area contributed by atoms with Crippen LogP contribution >= 0.6 is 0 Å². The van der Waals surface area contributed by atoms with Crippen LogP contribution < -0.4 is 15.2 Å². The van der Waals surface area contributed by atoms with Crippen LogP contribution in [0.25, 0.3) is 0 Å². The molecule has 1 N–H and O–H groups in total. The van der Waals surface area contributed by atoms with Crippen LogP contribution in [0.3, 0.4) is 0 Å². The molecular formula is C20H20N4O2. The number of nitrogens with zero attached hydrogens (tertiary/aromatic N) is 3. The fourth-order valence-corrected chi connectivity index (χ4v) is 3.33. The van der Waals surface area contributed by atoms with Crippen molar-refractivity contribution in [3.05, 3.63) is 81.5 Å². The Balaban J connectivity index is 1.61. The molecule has 132 valence electrons. The molecule has 0 bridgehead atoms. The minimum atomic E-state index is -0.152. The summed E-state index contributed by atoms with van der Waals surface area (Å²) in [5.74, 6) is 0.879. The molecule has 4 rings (SSSR count). The van der Waals surface area contributed by atoms with Gasteiger partial charge in [-0.15, -0.1) is 0 Å². The van der Waals surface area contributed by atoms with Gasteiger partial charge in [-0.25, -0.2) is 5.10 Å². The number of aromatic amines is 1. The summed E-state index contributed by atoms with van der Waals surface area (Å²) in [4.78, 5) is 18.1. The predicted molar refractivity (Wildman–Crippen MR) is 99.2 cm³/mol. The number of nitrogens with one attached hydrogen (secondary N) is 1. The summed E-state index contributed by atoms with van der Waals surface area (Å²) in [6, 6.07) is 10.1. The maximum absolute atomic E-state index is 11.9. The molecule has 3 aromatic rings. The number of H-pyrrole nitrogens is 1. The van der Waals surface area contributed by atoms with Gasteiger partial charge in [0.05, 0.1) is 11.9 Å². The maximum atomic E-state index is 11.9. The van der Waals surface area contributed by atoms with Crippen molar-refractivity contribution < 1.29 is 4.74 Å². The number of rotatable bonds is 4. The molecule has 0 saturated carbocycles. The number of hydrogen-bond donors (Lipinski definition) is 1. The third-order valence-electron chi connectivity index (χ3n) is 4.84. The molecule has 1 aromatic carbocycles. The van der Waals surface area contributed by atoms with Crippen LogP contribution in [0, 0.1) is 6.92 Å². The summed E-state index contributed by atoms with van der Waals surface area (Å²) in [5.41, 5.74) is 4.85. The molecule has 0 spiro atoms. The van der Waals surface area contributed by atoms with Crippen LogP contribution in [0.15, 0.2) is 53.7 Å². The standard InChI is InChI=1S/C20H20N4O2/c1-13-18(10-22-23-20(13)25)24-11-16-4-3-5-19(17(16)12-24)26-14(2)15-6-8-21-9-7-15/h3-10,14H,11-12H2,1-2H3,(H,23,25). The first-order valence-corrected chi connectivity index (χ1v) is 8.60. The van der Waals surface area contributed by atoms with Crippen molar-refractivity contribution in [2.45, 2.75) is 33.0 Å². The van der Waals surface area contributed by atoms with Crippen LogP contribution in [0.5, 0.6) is 5.75 Å². The van der Waals surface area contributed by atoms with Gasteiger partial charge in [0.1, 0.15) is 11.9 Å². The molecule has 3 heterocycles. The molecule has 0 aliphatic carbocycles.